The lowest BCUT2D eigenvalue weighted by Crippen LogP contribution is -2.49. The number of carbonyl (C=O) groups is 2. The molecule has 0 aromatic carbocycles. The monoisotopic (exact) mass is 361 g/mol. The van der Waals surface area contributed by atoms with Crippen LogP contribution >= 0.6 is 11.3 Å². The van der Waals surface area contributed by atoms with Crippen molar-refractivity contribution < 1.29 is 9.59 Å². The van der Waals surface area contributed by atoms with E-state index in [1.165, 1.54) is 42.0 Å². The number of hydrogen-bond acceptors (Lipinski definition) is 4. The van der Waals surface area contributed by atoms with Crippen molar-refractivity contribution in [3.63, 3.8) is 0 Å². The minimum absolute atomic E-state index is 0.00748. The Morgan fingerprint density at radius 1 is 1.12 bits per heavy atom. The number of thiazole rings is 1. The minimum atomic E-state index is -0.586. The van der Waals surface area contributed by atoms with Crippen LogP contribution in [0.25, 0.3) is 0 Å². The van der Waals surface area contributed by atoms with E-state index < -0.39 is 5.54 Å². The van der Waals surface area contributed by atoms with Gasteiger partial charge in [-0.05, 0) is 25.7 Å². The summed E-state index contributed by atoms with van der Waals surface area (Å²) in [6.45, 7) is 0.326. The summed E-state index contributed by atoms with van der Waals surface area (Å²) in [5.41, 5.74) is 0.283. The van der Waals surface area contributed by atoms with Crippen molar-refractivity contribution >= 4 is 23.3 Å². The van der Waals surface area contributed by atoms with Gasteiger partial charge >= 0.3 is 6.03 Å². The van der Waals surface area contributed by atoms with Gasteiger partial charge < -0.3 is 4.90 Å². The highest BCUT2D eigenvalue weighted by molar-refractivity contribution is 7.09. The van der Waals surface area contributed by atoms with Crippen LogP contribution in [0.4, 0.5) is 4.79 Å². The van der Waals surface area contributed by atoms with Gasteiger partial charge in [0, 0.05) is 18.3 Å². The summed E-state index contributed by atoms with van der Waals surface area (Å²) in [5, 5.41) is 3.23. The predicted molar refractivity (Wildman–Crippen MR) is 97.5 cm³/mol. The molecule has 0 unspecified atom stereocenters. The maximum atomic E-state index is 13.1. The number of aromatic nitrogens is 1. The first kappa shape index (κ1) is 17.0. The Bertz CT molecular complexity index is 659. The molecular weight excluding hydrogens is 334 g/mol. The van der Waals surface area contributed by atoms with E-state index in [-0.39, 0.29) is 11.9 Å². The quantitative estimate of drug-likeness (QED) is 0.755. The fraction of sp³-hybridized carbons (Fsp3) is 0.737. The van der Waals surface area contributed by atoms with Gasteiger partial charge in [-0.2, -0.15) is 0 Å². The number of amides is 3. The van der Waals surface area contributed by atoms with Crippen molar-refractivity contribution in [1.82, 2.24) is 14.8 Å². The van der Waals surface area contributed by atoms with Gasteiger partial charge in [0.15, 0.2) is 0 Å². The third kappa shape index (κ3) is 2.88. The summed E-state index contributed by atoms with van der Waals surface area (Å²) in [6.07, 6.45) is 11.2. The number of likely N-dealkylation sites (N-methyl/N-ethyl adjacent to an activating group) is 1. The van der Waals surface area contributed by atoms with Crippen LogP contribution < -0.4 is 0 Å². The Morgan fingerprint density at radius 3 is 2.52 bits per heavy atom. The largest absolute Gasteiger partial charge is 0.327 e. The zero-order chi connectivity index (χ0) is 17.4. The van der Waals surface area contributed by atoms with E-state index in [1.54, 1.807) is 23.3 Å². The maximum absolute atomic E-state index is 13.1. The number of imide groups is 1. The first-order valence-electron chi connectivity index (χ1n) is 9.66. The van der Waals surface area contributed by atoms with Crippen LogP contribution in [0, 0.1) is 0 Å². The Hall–Kier alpha value is -1.43. The molecule has 1 spiro atoms. The van der Waals surface area contributed by atoms with Crippen molar-refractivity contribution in [2.75, 3.05) is 7.05 Å². The Kier molecular flexibility index (Phi) is 4.56. The van der Waals surface area contributed by atoms with Crippen LogP contribution in [0.1, 0.15) is 80.8 Å². The third-order valence-electron chi connectivity index (χ3n) is 6.33. The lowest BCUT2D eigenvalue weighted by Gasteiger charge is -2.35. The molecule has 2 saturated carbocycles. The summed E-state index contributed by atoms with van der Waals surface area (Å²) >= 11 is 1.70. The van der Waals surface area contributed by atoms with Crippen molar-refractivity contribution in [1.29, 1.82) is 0 Å². The summed E-state index contributed by atoms with van der Waals surface area (Å²) in [5.74, 6) is 0.566. The highest BCUT2D eigenvalue weighted by Crippen LogP contribution is 2.40. The van der Waals surface area contributed by atoms with E-state index in [1.807, 2.05) is 5.38 Å². The van der Waals surface area contributed by atoms with Gasteiger partial charge in [0.2, 0.25) is 0 Å². The standard InChI is InChI=1S/C19H27N3O2S/c1-21-18(24)22(17(23)19(21)10-6-3-7-11-19)12-15-13-25-16(20-15)14-8-4-2-5-9-14/h13-14H,2-12H2,1H3. The second-order valence-corrected chi connectivity index (χ2v) is 8.73. The fourth-order valence-corrected chi connectivity index (χ4v) is 5.75. The molecule has 0 bridgehead atoms. The molecule has 136 valence electrons. The van der Waals surface area contributed by atoms with Gasteiger partial charge in [0.05, 0.1) is 17.2 Å². The van der Waals surface area contributed by atoms with Gasteiger partial charge in [0.1, 0.15) is 5.54 Å². The molecule has 1 aromatic rings. The highest BCUT2D eigenvalue weighted by Gasteiger charge is 2.55. The van der Waals surface area contributed by atoms with Crippen LogP contribution in [0.5, 0.6) is 0 Å². The number of rotatable bonds is 3. The normalized spacial score (nSPS) is 24.5. The fourth-order valence-electron chi connectivity index (χ4n) is 4.77. The summed E-state index contributed by atoms with van der Waals surface area (Å²) in [7, 11) is 1.79. The first-order valence-corrected chi connectivity index (χ1v) is 10.5. The topological polar surface area (TPSA) is 53.5 Å². The molecule has 2 aliphatic carbocycles. The SMILES string of the molecule is CN1C(=O)N(Cc2csc(C3CCCCC3)n2)C(=O)C12CCCCC2. The van der Waals surface area contributed by atoms with Crippen LogP contribution in [0.3, 0.4) is 0 Å². The highest BCUT2D eigenvalue weighted by atomic mass is 32.1. The minimum Gasteiger partial charge on any atom is -0.313 e. The lowest BCUT2D eigenvalue weighted by atomic mass is 9.81. The summed E-state index contributed by atoms with van der Waals surface area (Å²) in [4.78, 5) is 33.7. The van der Waals surface area contributed by atoms with Crippen molar-refractivity contribution in [3.8, 4) is 0 Å². The van der Waals surface area contributed by atoms with Gasteiger partial charge in [-0.3, -0.25) is 9.69 Å². The average molecular weight is 362 g/mol. The molecule has 25 heavy (non-hydrogen) atoms. The summed E-state index contributed by atoms with van der Waals surface area (Å²) in [6, 6.07) is -0.154. The Labute approximate surface area is 153 Å². The molecule has 1 saturated heterocycles. The second kappa shape index (κ2) is 6.71. The van der Waals surface area contributed by atoms with Gasteiger partial charge in [-0.15, -0.1) is 11.3 Å². The lowest BCUT2D eigenvalue weighted by molar-refractivity contribution is -0.134. The van der Waals surface area contributed by atoms with Crippen LogP contribution in [-0.4, -0.2) is 39.3 Å². The average Bonchev–Trinajstić information content (AvgIpc) is 3.19. The van der Waals surface area contributed by atoms with E-state index in [0.717, 1.165) is 37.8 Å². The van der Waals surface area contributed by atoms with Gasteiger partial charge in [0.25, 0.3) is 5.91 Å². The van der Waals surface area contributed by atoms with E-state index in [9.17, 15) is 9.59 Å². The Balaban J connectivity index is 1.50. The van der Waals surface area contributed by atoms with Crippen LogP contribution in [-0.2, 0) is 11.3 Å². The molecule has 0 radical (unpaired) electrons. The van der Waals surface area contributed by atoms with Crippen molar-refractivity contribution in [3.05, 3.63) is 16.1 Å². The Morgan fingerprint density at radius 2 is 1.80 bits per heavy atom. The molecule has 4 rings (SSSR count). The van der Waals surface area contributed by atoms with Crippen LogP contribution in [0.15, 0.2) is 5.38 Å². The molecule has 6 heteroatoms. The van der Waals surface area contributed by atoms with E-state index in [4.69, 9.17) is 4.98 Å². The van der Waals surface area contributed by atoms with E-state index in [2.05, 4.69) is 0 Å². The predicted octanol–water partition coefficient (Wildman–Crippen LogP) is 4.29. The maximum Gasteiger partial charge on any atom is 0.327 e. The zero-order valence-corrected chi connectivity index (χ0v) is 15.8. The molecule has 3 fully saturated rings. The smallest absolute Gasteiger partial charge is 0.313 e. The van der Waals surface area contributed by atoms with Crippen molar-refractivity contribution in [2.24, 2.45) is 0 Å². The number of hydrogen-bond donors (Lipinski definition) is 0. The molecule has 2 heterocycles. The molecule has 0 atom stereocenters. The summed E-state index contributed by atoms with van der Waals surface area (Å²) < 4.78 is 0. The molecular formula is C19H27N3O2S. The number of nitrogens with zero attached hydrogens (tertiary/aromatic N) is 3. The van der Waals surface area contributed by atoms with Gasteiger partial charge in [-0.1, -0.05) is 38.5 Å². The molecule has 0 N–H and O–H groups in total. The molecule has 5 nitrogen and oxygen atoms in total. The van der Waals surface area contributed by atoms with E-state index in [0.29, 0.717) is 12.5 Å². The van der Waals surface area contributed by atoms with Crippen LogP contribution in [0.2, 0.25) is 0 Å². The number of carbonyl (C=O) groups excluding carboxylic acids is 2. The third-order valence-corrected chi connectivity index (χ3v) is 7.38. The zero-order valence-electron chi connectivity index (χ0n) is 15.0. The molecule has 1 aliphatic heterocycles. The molecule has 3 aliphatic rings. The van der Waals surface area contributed by atoms with E-state index >= 15 is 0 Å². The van der Waals surface area contributed by atoms with Gasteiger partial charge in [-0.25, -0.2) is 9.78 Å². The molecule has 3 amide bonds. The first-order chi connectivity index (χ1) is 12.1. The van der Waals surface area contributed by atoms with Crippen molar-refractivity contribution in [2.45, 2.75) is 82.2 Å². The molecule has 1 aromatic heterocycles. The number of urea groups is 1. The second-order valence-electron chi connectivity index (χ2n) is 7.84.